The summed E-state index contributed by atoms with van der Waals surface area (Å²) in [4.78, 5) is 8.60. The van der Waals surface area contributed by atoms with E-state index in [1.54, 1.807) is 0 Å². The van der Waals surface area contributed by atoms with Crippen LogP contribution < -0.4 is 10.6 Å². The van der Waals surface area contributed by atoms with Crippen LogP contribution in [0.4, 0.5) is 5.82 Å². The van der Waals surface area contributed by atoms with Crippen LogP contribution in [-0.4, -0.2) is 30.1 Å². The molecule has 2 N–H and O–H groups in total. The molecule has 0 aliphatic carbocycles. The zero-order chi connectivity index (χ0) is 10.4. The lowest BCUT2D eigenvalue weighted by Crippen LogP contribution is -2.17. The molecular formula is C10H18N4. The lowest BCUT2D eigenvalue weighted by Gasteiger charge is -2.05. The first-order valence-corrected chi connectivity index (χ1v) is 4.99. The van der Waals surface area contributed by atoms with E-state index in [0.29, 0.717) is 0 Å². The molecule has 4 heteroatoms. The van der Waals surface area contributed by atoms with Gasteiger partial charge < -0.3 is 10.6 Å². The molecule has 1 rings (SSSR count). The molecular weight excluding hydrogens is 176 g/mol. The van der Waals surface area contributed by atoms with Gasteiger partial charge in [0.15, 0.2) is 0 Å². The Morgan fingerprint density at radius 2 is 2.14 bits per heavy atom. The number of nitrogens with zero attached hydrogens (tertiary/aromatic N) is 2. The average Bonchev–Trinajstić information content (AvgIpc) is 2.17. The third-order valence-corrected chi connectivity index (χ3v) is 1.96. The highest BCUT2D eigenvalue weighted by molar-refractivity contribution is 5.35. The van der Waals surface area contributed by atoms with Crippen molar-refractivity contribution in [1.29, 1.82) is 0 Å². The van der Waals surface area contributed by atoms with Crippen LogP contribution >= 0.6 is 0 Å². The molecule has 0 spiro atoms. The average molecular weight is 194 g/mol. The summed E-state index contributed by atoms with van der Waals surface area (Å²) in [6.07, 6.45) is 0.950. The summed E-state index contributed by atoms with van der Waals surface area (Å²) in [5, 5.41) is 6.30. The molecule has 0 aromatic carbocycles. The molecule has 0 atom stereocenters. The minimum Gasteiger partial charge on any atom is -0.373 e. The number of aryl methyl sites for hydroxylation is 1. The summed E-state index contributed by atoms with van der Waals surface area (Å²) in [5.41, 5.74) is 1.09. The normalized spacial score (nSPS) is 10.2. The Kier molecular flexibility index (Phi) is 4.32. The molecule has 78 valence electrons. The first kappa shape index (κ1) is 10.9. The Morgan fingerprint density at radius 1 is 1.36 bits per heavy atom. The van der Waals surface area contributed by atoms with Crippen molar-refractivity contribution in [3.8, 4) is 0 Å². The summed E-state index contributed by atoms with van der Waals surface area (Å²) in [5.74, 6) is 1.72. The molecule has 14 heavy (non-hydrogen) atoms. The minimum absolute atomic E-state index is 0.823. The lowest BCUT2D eigenvalue weighted by atomic mass is 10.3. The minimum atomic E-state index is 0.823. The van der Waals surface area contributed by atoms with E-state index in [1.807, 2.05) is 20.0 Å². The van der Waals surface area contributed by atoms with Gasteiger partial charge in [-0.05, 0) is 13.5 Å². The summed E-state index contributed by atoms with van der Waals surface area (Å²) < 4.78 is 0. The smallest absolute Gasteiger partial charge is 0.129 e. The van der Waals surface area contributed by atoms with E-state index in [-0.39, 0.29) is 0 Å². The van der Waals surface area contributed by atoms with Crippen molar-refractivity contribution in [2.75, 3.05) is 25.5 Å². The summed E-state index contributed by atoms with van der Waals surface area (Å²) in [6, 6.07) is 1.99. The molecule has 0 saturated carbocycles. The maximum atomic E-state index is 4.36. The van der Waals surface area contributed by atoms with Gasteiger partial charge in [0, 0.05) is 31.8 Å². The van der Waals surface area contributed by atoms with Crippen LogP contribution in [0.5, 0.6) is 0 Å². The van der Waals surface area contributed by atoms with Gasteiger partial charge in [-0.2, -0.15) is 0 Å². The largest absolute Gasteiger partial charge is 0.373 e. The third kappa shape index (κ3) is 3.30. The van der Waals surface area contributed by atoms with Gasteiger partial charge in [-0.15, -0.1) is 0 Å². The van der Waals surface area contributed by atoms with E-state index in [4.69, 9.17) is 0 Å². The molecule has 0 radical (unpaired) electrons. The molecule has 1 aromatic heterocycles. The van der Waals surface area contributed by atoms with Crippen LogP contribution in [0.2, 0.25) is 0 Å². The zero-order valence-electron chi connectivity index (χ0n) is 9.09. The number of nitrogens with one attached hydrogen (secondary N) is 2. The van der Waals surface area contributed by atoms with Gasteiger partial charge in [0.25, 0.3) is 0 Å². The van der Waals surface area contributed by atoms with Gasteiger partial charge in [0.05, 0.1) is 0 Å². The predicted molar refractivity (Wildman–Crippen MR) is 58.6 cm³/mol. The Bertz CT molecular complexity index is 285. The zero-order valence-corrected chi connectivity index (χ0v) is 9.09. The maximum Gasteiger partial charge on any atom is 0.129 e. The molecule has 0 aliphatic heterocycles. The summed E-state index contributed by atoms with van der Waals surface area (Å²) >= 11 is 0. The SMILES string of the molecule is CCNCCc1cc(NC)nc(C)n1. The number of likely N-dealkylation sites (N-methyl/N-ethyl adjacent to an activating group) is 1. The highest BCUT2D eigenvalue weighted by Gasteiger charge is 1.99. The van der Waals surface area contributed by atoms with Crippen molar-refractivity contribution < 1.29 is 0 Å². The van der Waals surface area contributed by atoms with Crippen LogP contribution in [0.3, 0.4) is 0 Å². The molecule has 4 nitrogen and oxygen atoms in total. The molecule has 1 aromatic rings. The predicted octanol–water partition coefficient (Wildman–Crippen LogP) is 0.979. The van der Waals surface area contributed by atoms with E-state index < -0.39 is 0 Å². The van der Waals surface area contributed by atoms with Crippen molar-refractivity contribution in [2.45, 2.75) is 20.3 Å². The molecule has 0 aliphatic rings. The molecule has 0 fully saturated rings. The van der Waals surface area contributed by atoms with Crippen LogP contribution in [0.15, 0.2) is 6.07 Å². The maximum absolute atomic E-state index is 4.36. The molecule has 1 heterocycles. The summed E-state index contributed by atoms with van der Waals surface area (Å²) in [6.45, 7) is 5.99. The topological polar surface area (TPSA) is 49.8 Å². The van der Waals surface area contributed by atoms with Crippen molar-refractivity contribution >= 4 is 5.82 Å². The van der Waals surface area contributed by atoms with Crippen molar-refractivity contribution in [2.24, 2.45) is 0 Å². The fourth-order valence-corrected chi connectivity index (χ4v) is 1.28. The Hall–Kier alpha value is -1.16. The van der Waals surface area contributed by atoms with Gasteiger partial charge in [-0.3, -0.25) is 0 Å². The highest BCUT2D eigenvalue weighted by atomic mass is 15.0. The third-order valence-electron chi connectivity index (χ3n) is 1.96. The van der Waals surface area contributed by atoms with Gasteiger partial charge in [-0.25, -0.2) is 9.97 Å². The van der Waals surface area contributed by atoms with E-state index in [2.05, 4.69) is 27.5 Å². The lowest BCUT2D eigenvalue weighted by molar-refractivity contribution is 0.705. The molecule has 0 amide bonds. The van der Waals surface area contributed by atoms with Crippen molar-refractivity contribution in [3.05, 3.63) is 17.6 Å². The first-order valence-electron chi connectivity index (χ1n) is 4.99. The van der Waals surface area contributed by atoms with Crippen LogP contribution in [0.1, 0.15) is 18.4 Å². The second kappa shape index (κ2) is 5.54. The van der Waals surface area contributed by atoms with Crippen molar-refractivity contribution in [1.82, 2.24) is 15.3 Å². The van der Waals surface area contributed by atoms with Crippen LogP contribution in [0.25, 0.3) is 0 Å². The molecule has 0 unspecified atom stereocenters. The Labute approximate surface area is 85.2 Å². The standard InChI is InChI=1S/C10H18N4/c1-4-12-6-5-9-7-10(11-3)14-8(2)13-9/h7,12H,4-6H2,1-3H3,(H,11,13,14). The quantitative estimate of drug-likeness (QED) is 0.686. The number of hydrogen-bond donors (Lipinski definition) is 2. The number of hydrogen-bond acceptors (Lipinski definition) is 4. The van der Waals surface area contributed by atoms with Crippen LogP contribution in [-0.2, 0) is 6.42 Å². The molecule has 0 saturated heterocycles. The van der Waals surface area contributed by atoms with E-state index in [9.17, 15) is 0 Å². The van der Waals surface area contributed by atoms with E-state index >= 15 is 0 Å². The number of rotatable bonds is 5. The van der Waals surface area contributed by atoms with Gasteiger partial charge >= 0.3 is 0 Å². The second-order valence-electron chi connectivity index (χ2n) is 3.15. The fourth-order valence-electron chi connectivity index (χ4n) is 1.28. The van der Waals surface area contributed by atoms with Crippen molar-refractivity contribution in [3.63, 3.8) is 0 Å². The van der Waals surface area contributed by atoms with Gasteiger partial charge in [-0.1, -0.05) is 6.92 Å². The highest BCUT2D eigenvalue weighted by Crippen LogP contribution is 2.05. The van der Waals surface area contributed by atoms with E-state index in [0.717, 1.165) is 36.8 Å². The number of aromatic nitrogens is 2. The van der Waals surface area contributed by atoms with Gasteiger partial charge in [0.1, 0.15) is 11.6 Å². The van der Waals surface area contributed by atoms with E-state index in [1.165, 1.54) is 0 Å². The van der Waals surface area contributed by atoms with Gasteiger partial charge in [0.2, 0.25) is 0 Å². The Balaban J connectivity index is 2.62. The monoisotopic (exact) mass is 194 g/mol. The molecule has 0 bridgehead atoms. The van der Waals surface area contributed by atoms with Crippen LogP contribution in [0, 0.1) is 6.92 Å². The first-order chi connectivity index (χ1) is 6.76. The Morgan fingerprint density at radius 3 is 2.79 bits per heavy atom. The second-order valence-corrected chi connectivity index (χ2v) is 3.15. The summed E-state index contributed by atoms with van der Waals surface area (Å²) in [7, 11) is 1.87. The number of anilines is 1. The fraction of sp³-hybridized carbons (Fsp3) is 0.600.